The first kappa shape index (κ1) is 22.7. The van der Waals surface area contributed by atoms with Crippen LogP contribution in [0, 0.1) is 17.0 Å². The van der Waals surface area contributed by atoms with E-state index in [4.69, 9.17) is 10.7 Å². The summed E-state index contributed by atoms with van der Waals surface area (Å²) in [6, 6.07) is 14.1. The number of fused-ring (bicyclic) bond motifs is 2. The highest BCUT2D eigenvalue weighted by Gasteiger charge is 2.26. The van der Waals surface area contributed by atoms with Crippen molar-refractivity contribution in [2.75, 3.05) is 11.1 Å². The monoisotopic (exact) mass is 480 g/mol. The van der Waals surface area contributed by atoms with Crippen molar-refractivity contribution >= 4 is 56.9 Å². The van der Waals surface area contributed by atoms with Crippen molar-refractivity contribution in [2.45, 2.75) is 26.2 Å². The third-order valence-corrected chi connectivity index (χ3v) is 6.88. The van der Waals surface area contributed by atoms with Gasteiger partial charge in [0.25, 0.3) is 11.6 Å². The molecule has 0 atom stereocenters. The van der Waals surface area contributed by atoms with Crippen LogP contribution >= 0.6 is 23.7 Å². The highest BCUT2D eigenvalue weighted by atomic mass is 35.5. The van der Waals surface area contributed by atoms with E-state index in [0.29, 0.717) is 16.3 Å². The van der Waals surface area contributed by atoms with Crippen LogP contribution in [0.5, 0.6) is 0 Å². The number of nitro groups is 1. The lowest BCUT2D eigenvalue weighted by Crippen LogP contribution is -2.12. The second-order valence-corrected chi connectivity index (χ2v) is 8.91. The average molecular weight is 481 g/mol. The molecule has 0 radical (unpaired) electrons. The Morgan fingerprint density at radius 1 is 1.12 bits per heavy atom. The quantitative estimate of drug-likeness (QED) is 0.278. The van der Waals surface area contributed by atoms with Crippen molar-refractivity contribution in [3.63, 3.8) is 0 Å². The molecular formula is C24H21ClN4O3S. The second kappa shape index (κ2) is 8.80. The number of benzene rings is 2. The van der Waals surface area contributed by atoms with Gasteiger partial charge >= 0.3 is 0 Å². The molecule has 33 heavy (non-hydrogen) atoms. The number of thiophene rings is 1. The van der Waals surface area contributed by atoms with Crippen molar-refractivity contribution in [3.8, 4) is 11.1 Å². The molecule has 0 fully saturated rings. The number of non-ortho nitro benzene ring substituents is 1. The number of aromatic nitrogens is 1. The van der Waals surface area contributed by atoms with Gasteiger partial charge in [-0.05, 0) is 55.0 Å². The predicted molar refractivity (Wildman–Crippen MR) is 135 cm³/mol. The van der Waals surface area contributed by atoms with Crippen molar-refractivity contribution < 1.29 is 9.72 Å². The minimum Gasteiger partial charge on any atom is -0.397 e. The summed E-state index contributed by atoms with van der Waals surface area (Å²) >= 11 is 1.28. The van der Waals surface area contributed by atoms with Crippen molar-refractivity contribution in [2.24, 2.45) is 0 Å². The molecule has 5 rings (SSSR count). The van der Waals surface area contributed by atoms with Crippen LogP contribution in [0.15, 0.2) is 48.5 Å². The second-order valence-electron chi connectivity index (χ2n) is 7.91. The summed E-state index contributed by atoms with van der Waals surface area (Å²) in [5.74, 6) is -0.352. The van der Waals surface area contributed by atoms with Gasteiger partial charge in [-0.3, -0.25) is 14.9 Å². The maximum Gasteiger partial charge on any atom is 0.269 e. The first-order valence-electron chi connectivity index (χ1n) is 10.3. The number of carbonyl (C=O) groups excluding carboxylic acids is 1. The fourth-order valence-electron chi connectivity index (χ4n) is 4.21. The molecule has 7 nitrogen and oxygen atoms in total. The smallest absolute Gasteiger partial charge is 0.269 e. The summed E-state index contributed by atoms with van der Waals surface area (Å²) in [5.41, 5.74) is 13.0. The van der Waals surface area contributed by atoms with Crippen LogP contribution in [0.3, 0.4) is 0 Å². The molecule has 4 aromatic rings. The summed E-state index contributed by atoms with van der Waals surface area (Å²) in [5, 5.41) is 14.5. The summed E-state index contributed by atoms with van der Waals surface area (Å²) in [4.78, 5) is 29.4. The molecule has 1 aliphatic carbocycles. The predicted octanol–water partition coefficient (Wildman–Crippen LogP) is 5.92. The van der Waals surface area contributed by atoms with Gasteiger partial charge in [0.1, 0.15) is 9.71 Å². The Balaban J connectivity index is 0.00000259. The number of nitrogens with zero attached hydrogens (tertiary/aromatic N) is 2. The fourth-order valence-corrected chi connectivity index (χ4v) is 5.23. The highest BCUT2D eigenvalue weighted by molar-refractivity contribution is 7.21. The molecular weight excluding hydrogens is 460 g/mol. The Kier molecular flexibility index (Phi) is 6.05. The first-order valence-corrected chi connectivity index (χ1v) is 11.1. The molecule has 2 aromatic heterocycles. The number of nitrogens with two attached hydrogens (primary N) is 1. The van der Waals surface area contributed by atoms with Gasteiger partial charge in [0.2, 0.25) is 0 Å². The zero-order valence-electron chi connectivity index (χ0n) is 17.8. The summed E-state index contributed by atoms with van der Waals surface area (Å²) in [6.07, 6.45) is 2.93. The zero-order valence-corrected chi connectivity index (χ0v) is 19.4. The minimum atomic E-state index is -0.479. The van der Waals surface area contributed by atoms with Gasteiger partial charge in [0, 0.05) is 28.9 Å². The van der Waals surface area contributed by atoms with E-state index in [1.54, 1.807) is 0 Å². The third kappa shape index (κ3) is 4.03. The van der Waals surface area contributed by atoms with Gasteiger partial charge < -0.3 is 11.1 Å². The molecule has 1 amide bonds. The number of hydrogen-bond donors (Lipinski definition) is 2. The van der Waals surface area contributed by atoms with Crippen LogP contribution in [0.2, 0.25) is 0 Å². The number of hydrogen-bond acceptors (Lipinski definition) is 6. The average Bonchev–Trinajstić information content (AvgIpc) is 3.37. The lowest BCUT2D eigenvalue weighted by Gasteiger charge is -2.12. The molecule has 3 N–H and O–H groups in total. The number of carbonyl (C=O) groups is 1. The highest BCUT2D eigenvalue weighted by Crippen LogP contribution is 2.44. The Hall–Kier alpha value is -3.49. The Bertz CT molecular complexity index is 1380. The Labute approximate surface area is 200 Å². The van der Waals surface area contributed by atoms with Gasteiger partial charge in [-0.15, -0.1) is 23.7 Å². The SMILES string of the molecule is Cc1ccc(-c2c3c(nc4sc(C(=O)Nc5ccc([N+](=O)[O-])cc5)c(N)c24)CCC3)cc1.Cl. The molecule has 0 saturated heterocycles. The summed E-state index contributed by atoms with van der Waals surface area (Å²) < 4.78 is 0. The lowest BCUT2D eigenvalue weighted by atomic mass is 9.95. The normalized spacial score (nSPS) is 12.3. The van der Waals surface area contributed by atoms with Gasteiger partial charge in [-0.25, -0.2) is 4.98 Å². The largest absolute Gasteiger partial charge is 0.397 e. The molecule has 168 valence electrons. The van der Waals surface area contributed by atoms with E-state index >= 15 is 0 Å². The molecule has 2 heterocycles. The zero-order chi connectivity index (χ0) is 22.4. The van der Waals surface area contributed by atoms with E-state index in [-0.39, 0.29) is 24.0 Å². The van der Waals surface area contributed by atoms with Crippen molar-refractivity contribution in [1.82, 2.24) is 4.98 Å². The standard InChI is InChI=1S/C24H20N4O3S.ClH/c1-13-5-7-14(8-6-13)19-17-3-2-4-18(17)27-24-20(19)21(25)22(32-24)23(29)26-15-9-11-16(12-10-15)28(30)31;/h5-12H,2-4,25H2,1H3,(H,26,29);1H. The number of nitrogens with one attached hydrogen (secondary N) is 1. The molecule has 0 spiro atoms. The van der Waals surface area contributed by atoms with Gasteiger partial charge in [0.05, 0.1) is 10.6 Å². The number of halogens is 1. The maximum atomic E-state index is 13.0. The molecule has 0 aliphatic heterocycles. The van der Waals surface area contributed by atoms with E-state index in [9.17, 15) is 14.9 Å². The number of anilines is 2. The molecule has 0 saturated carbocycles. The van der Waals surface area contributed by atoms with E-state index in [2.05, 4.69) is 36.5 Å². The molecule has 2 aromatic carbocycles. The van der Waals surface area contributed by atoms with Crippen LogP contribution in [0.1, 0.15) is 32.9 Å². The number of amides is 1. The number of rotatable bonds is 4. The van der Waals surface area contributed by atoms with Gasteiger partial charge in [-0.2, -0.15) is 0 Å². The lowest BCUT2D eigenvalue weighted by molar-refractivity contribution is -0.384. The molecule has 9 heteroatoms. The van der Waals surface area contributed by atoms with Gasteiger partial charge in [-0.1, -0.05) is 29.8 Å². The van der Waals surface area contributed by atoms with Crippen LogP contribution in [0.25, 0.3) is 21.3 Å². The Morgan fingerprint density at radius 2 is 1.82 bits per heavy atom. The molecule has 1 aliphatic rings. The number of nitro benzene ring substituents is 1. The molecule has 0 bridgehead atoms. The van der Waals surface area contributed by atoms with Crippen LogP contribution < -0.4 is 11.1 Å². The minimum absolute atomic E-state index is 0. The third-order valence-electron chi connectivity index (χ3n) is 5.79. The van der Waals surface area contributed by atoms with Crippen LogP contribution in [0.4, 0.5) is 17.1 Å². The summed E-state index contributed by atoms with van der Waals surface area (Å²) in [6.45, 7) is 2.05. The maximum absolute atomic E-state index is 13.0. The number of aryl methyl sites for hydroxylation is 2. The van der Waals surface area contributed by atoms with Crippen molar-refractivity contribution in [3.05, 3.63) is 80.3 Å². The van der Waals surface area contributed by atoms with E-state index in [1.807, 2.05) is 0 Å². The van der Waals surface area contributed by atoms with Crippen LogP contribution in [-0.2, 0) is 12.8 Å². The Morgan fingerprint density at radius 3 is 2.48 bits per heavy atom. The number of pyridine rings is 1. The number of nitrogen functional groups attached to an aromatic ring is 1. The molecule has 0 unspecified atom stereocenters. The fraction of sp³-hybridized carbons (Fsp3) is 0.167. The van der Waals surface area contributed by atoms with Crippen LogP contribution in [-0.4, -0.2) is 15.8 Å². The van der Waals surface area contributed by atoms with Crippen molar-refractivity contribution in [1.29, 1.82) is 0 Å². The van der Waals surface area contributed by atoms with E-state index < -0.39 is 4.92 Å². The summed E-state index contributed by atoms with van der Waals surface area (Å²) in [7, 11) is 0. The first-order chi connectivity index (χ1) is 15.4. The van der Waals surface area contributed by atoms with E-state index in [0.717, 1.165) is 46.3 Å². The van der Waals surface area contributed by atoms with E-state index in [1.165, 1.54) is 46.7 Å². The topological polar surface area (TPSA) is 111 Å². The van der Waals surface area contributed by atoms with Gasteiger partial charge in [0.15, 0.2) is 0 Å².